The molecule has 0 aromatic heterocycles. The van der Waals surface area contributed by atoms with Gasteiger partial charge in [-0.2, -0.15) is 0 Å². The third-order valence-corrected chi connectivity index (χ3v) is 4.42. The van der Waals surface area contributed by atoms with Gasteiger partial charge in [0.1, 0.15) is 0 Å². The van der Waals surface area contributed by atoms with E-state index in [1.54, 1.807) is 24.3 Å². The number of amides is 1. The zero-order chi connectivity index (χ0) is 15.9. The Morgan fingerprint density at radius 3 is 2.59 bits per heavy atom. The molecule has 1 aromatic rings. The molecule has 2 rings (SSSR count). The fraction of sp³-hybridized carbons (Fsp3) is 0.556. The lowest BCUT2D eigenvalue weighted by Crippen LogP contribution is -2.40. The lowest BCUT2D eigenvalue weighted by Gasteiger charge is -2.35. The number of carbonyl (C=O) groups is 2. The Labute approximate surface area is 132 Å². The molecular weight excluding hydrogens is 276 g/mol. The minimum Gasteiger partial charge on any atom is -0.326 e. The van der Waals surface area contributed by atoms with E-state index < -0.39 is 0 Å². The van der Waals surface area contributed by atoms with Crippen molar-refractivity contribution in [2.45, 2.75) is 52.0 Å². The molecule has 0 bridgehead atoms. The maximum Gasteiger partial charge on any atom is 0.225 e. The Morgan fingerprint density at radius 1 is 1.23 bits per heavy atom. The van der Waals surface area contributed by atoms with Crippen LogP contribution in [-0.4, -0.2) is 35.7 Å². The molecule has 0 aliphatic carbocycles. The van der Waals surface area contributed by atoms with Crippen molar-refractivity contribution < 1.29 is 9.59 Å². The summed E-state index contributed by atoms with van der Waals surface area (Å²) in [4.78, 5) is 25.7. The quantitative estimate of drug-likeness (QED) is 0.818. The van der Waals surface area contributed by atoms with E-state index in [2.05, 4.69) is 17.1 Å². The number of nitrogens with one attached hydrogen (secondary N) is 1. The Balaban J connectivity index is 1.81. The van der Waals surface area contributed by atoms with Gasteiger partial charge >= 0.3 is 0 Å². The third-order valence-electron chi connectivity index (χ3n) is 4.42. The van der Waals surface area contributed by atoms with Gasteiger partial charge in [0.25, 0.3) is 0 Å². The van der Waals surface area contributed by atoms with Crippen LogP contribution >= 0.6 is 0 Å². The number of benzene rings is 1. The predicted molar refractivity (Wildman–Crippen MR) is 89.2 cm³/mol. The summed E-state index contributed by atoms with van der Waals surface area (Å²) >= 11 is 0. The van der Waals surface area contributed by atoms with Gasteiger partial charge in [0.15, 0.2) is 5.78 Å². The Kier molecular flexibility index (Phi) is 6.13. The zero-order valence-electron chi connectivity index (χ0n) is 13.6. The minimum atomic E-state index is 0.0357. The molecule has 0 spiro atoms. The van der Waals surface area contributed by atoms with Crippen LogP contribution in [-0.2, 0) is 4.79 Å². The summed E-state index contributed by atoms with van der Waals surface area (Å²) in [6.07, 6.45) is 5.48. The summed E-state index contributed by atoms with van der Waals surface area (Å²) in [5, 5.41) is 2.90. The average molecular weight is 302 g/mol. The molecule has 120 valence electrons. The normalized spacial score (nSPS) is 18.9. The van der Waals surface area contributed by atoms with Crippen molar-refractivity contribution in [1.82, 2.24) is 4.90 Å². The molecule has 22 heavy (non-hydrogen) atoms. The summed E-state index contributed by atoms with van der Waals surface area (Å²) in [7, 11) is 0. The molecule has 1 aliphatic heterocycles. The highest BCUT2D eigenvalue weighted by molar-refractivity contribution is 5.95. The first-order valence-electron chi connectivity index (χ1n) is 8.25. The average Bonchev–Trinajstić information content (AvgIpc) is 2.53. The second-order valence-corrected chi connectivity index (χ2v) is 6.03. The fourth-order valence-electron chi connectivity index (χ4n) is 3.07. The zero-order valence-corrected chi connectivity index (χ0v) is 13.6. The summed E-state index contributed by atoms with van der Waals surface area (Å²) in [6, 6.07) is 7.69. The highest BCUT2D eigenvalue weighted by atomic mass is 16.1. The van der Waals surface area contributed by atoms with Crippen LogP contribution in [0.5, 0.6) is 0 Å². The number of Topliss-reactive ketones (excluding diaryl/α,β-unsaturated/α-hetero) is 1. The molecule has 1 fully saturated rings. The van der Waals surface area contributed by atoms with Crippen molar-refractivity contribution in [2.24, 2.45) is 0 Å². The number of piperidine rings is 1. The van der Waals surface area contributed by atoms with Gasteiger partial charge in [-0.25, -0.2) is 0 Å². The van der Waals surface area contributed by atoms with Gasteiger partial charge < -0.3 is 5.32 Å². The first-order chi connectivity index (χ1) is 10.6. The van der Waals surface area contributed by atoms with Crippen molar-refractivity contribution in [3.8, 4) is 0 Å². The summed E-state index contributed by atoms with van der Waals surface area (Å²) in [6.45, 7) is 5.70. The van der Waals surface area contributed by atoms with E-state index in [1.807, 2.05) is 0 Å². The van der Waals surface area contributed by atoms with E-state index >= 15 is 0 Å². The lowest BCUT2D eigenvalue weighted by atomic mass is 10.00. The second-order valence-electron chi connectivity index (χ2n) is 6.03. The molecule has 1 saturated heterocycles. The predicted octanol–water partition coefficient (Wildman–Crippen LogP) is 3.48. The number of rotatable bonds is 6. The van der Waals surface area contributed by atoms with Gasteiger partial charge in [0, 0.05) is 30.3 Å². The monoisotopic (exact) mass is 302 g/mol. The number of hydrogen-bond acceptors (Lipinski definition) is 3. The summed E-state index contributed by atoms with van der Waals surface area (Å²) < 4.78 is 0. The van der Waals surface area contributed by atoms with Crippen molar-refractivity contribution in [2.75, 3.05) is 18.4 Å². The topological polar surface area (TPSA) is 49.4 Å². The van der Waals surface area contributed by atoms with Crippen LogP contribution in [0.2, 0.25) is 0 Å². The fourth-order valence-corrected chi connectivity index (χ4v) is 3.07. The number of carbonyl (C=O) groups excluding carboxylic acids is 2. The van der Waals surface area contributed by atoms with Gasteiger partial charge in [0.05, 0.1) is 0 Å². The van der Waals surface area contributed by atoms with E-state index in [4.69, 9.17) is 0 Å². The third kappa shape index (κ3) is 4.67. The molecule has 1 amide bonds. The molecule has 1 unspecified atom stereocenters. The van der Waals surface area contributed by atoms with E-state index in [0.717, 1.165) is 25.2 Å². The minimum absolute atomic E-state index is 0.0357. The summed E-state index contributed by atoms with van der Waals surface area (Å²) in [5.74, 6) is 0.0737. The molecule has 1 aromatic carbocycles. The molecule has 1 heterocycles. The Bertz CT molecular complexity index is 510. The van der Waals surface area contributed by atoms with E-state index in [0.29, 0.717) is 18.0 Å². The highest BCUT2D eigenvalue weighted by Crippen LogP contribution is 2.19. The Hall–Kier alpha value is -1.68. The van der Waals surface area contributed by atoms with Crippen LogP contribution in [0.25, 0.3) is 0 Å². The van der Waals surface area contributed by atoms with Crippen molar-refractivity contribution in [3.05, 3.63) is 29.8 Å². The molecule has 0 radical (unpaired) electrons. The molecule has 4 heteroatoms. The van der Waals surface area contributed by atoms with Gasteiger partial charge in [-0.15, -0.1) is 0 Å². The smallest absolute Gasteiger partial charge is 0.225 e. The van der Waals surface area contributed by atoms with Crippen LogP contribution in [0.3, 0.4) is 0 Å². The molecule has 1 N–H and O–H groups in total. The number of hydrogen-bond donors (Lipinski definition) is 1. The standard InChI is InChI=1S/C18H26N2O2/c1-3-17-6-4-5-12-20(17)13-11-18(22)19-16-9-7-15(8-10-16)14(2)21/h7-10,17H,3-6,11-13H2,1-2H3,(H,19,22). The van der Waals surface area contributed by atoms with Crippen LogP contribution < -0.4 is 5.32 Å². The maximum absolute atomic E-state index is 12.1. The first kappa shape index (κ1) is 16.7. The van der Waals surface area contributed by atoms with Gasteiger partial charge in [0.2, 0.25) is 5.91 Å². The molecule has 1 aliphatic rings. The second kappa shape index (κ2) is 8.08. The number of ketones is 1. The number of likely N-dealkylation sites (tertiary alicyclic amines) is 1. The molecule has 4 nitrogen and oxygen atoms in total. The van der Waals surface area contributed by atoms with Crippen LogP contribution in [0.4, 0.5) is 5.69 Å². The van der Waals surface area contributed by atoms with E-state index in [1.165, 1.54) is 26.2 Å². The van der Waals surface area contributed by atoms with Crippen molar-refractivity contribution >= 4 is 17.4 Å². The molecule has 1 atom stereocenters. The number of anilines is 1. The molecular formula is C18H26N2O2. The van der Waals surface area contributed by atoms with E-state index in [9.17, 15) is 9.59 Å². The number of nitrogens with zero attached hydrogens (tertiary/aromatic N) is 1. The molecule has 0 saturated carbocycles. The van der Waals surface area contributed by atoms with Crippen LogP contribution in [0, 0.1) is 0 Å². The van der Waals surface area contributed by atoms with Crippen molar-refractivity contribution in [1.29, 1.82) is 0 Å². The van der Waals surface area contributed by atoms with Crippen LogP contribution in [0.1, 0.15) is 56.3 Å². The van der Waals surface area contributed by atoms with Gasteiger partial charge in [-0.05, 0) is 57.0 Å². The summed E-state index contributed by atoms with van der Waals surface area (Å²) in [5.41, 5.74) is 1.41. The lowest BCUT2D eigenvalue weighted by molar-refractivity contribution is -0.116. The maximum atomic E-state index is 12.1. The van der Waals surface area contributed by atoms with Gasteiger partial charge in [-0.3, -0.25) is 14.5 Å². The van der Waals surface area contributed by atoms with Crippen molar-refractivity contribution in [3.63, 3.8) is 0 Å². The highest BCUT2D eigenvalue weighted by Gasteiger charge is 2.20. The first-order valence-corrected chi connectivity index (χ1v) is 8.25. The largest absolute Gasteiger partial charge is 0.326 e. The van der Waals surface area contributed by atoms with Gasteiger partial charge in [-0.1, -0.05) is 13.3 Å². The van der Waals surface area contributed by atoms with E-state index in [-0.39, 0.29) is 11.7 Å². The Morgan fingerprint density at radius 2 is 1.95 bits per heavy atom. The van der Waals surface area contributed by atoms with Crippen LogP contribution in [0.15, 0.2) is 24.3 Å². The SMILES string of the molecule is CCC1CCCCN1CCC(=O)Nc1ccc(C(C)=O)cc1.